The van der Waals surface area contributed by atoms with Crippen LogP contribution in [0.2, 0.25) is 0 Å². The Morgan fingerprint density at radius 1 is 1.09 bits per heavy atom. The van der Waals surface area contributed by atoms with Crippen molar-refractivity contribution in [2.75, 3.05) is 19.3 Å². The van der Waals surface area contributed by atoms with E-state index in [1.54, 1.807) is 0 Å². The first-order chi connectivity index (χ1) is 10.7. The fraction of sp³-hybridized carbons (Fsp3) is 0.867. The lowest BCUT2D eigenvalue weighted by atomic mass is 9.88. The van der Waals surface area contributed by atoms with Gasteiger partial charge in [-0.3, -0.25) is 4.79 Å². The Labute approximate surface area is 137 Å². The molecule has 2 N–H and O–H groups in total. The molecule has 7 nitrogen and oxygen atoms in total. The van der Waals surface area contributed by atoms with Crippen LogP contribution in [0, 0.1) is 5.92 Å². The van der Waals surface area contributed by atoms with Gasteiger partial charge in [-0.1, -0.05) is 25.7 Å². The van der Waals surface area contributed by atoms with Gasteiger partial charge >= 0.3 is 5.97 Å². The number of aliphatic carboxylic acids is 1. The van der Waals surface area contributed by atoms with Gasteiger partial charge in [-0.05, 0) is 25.7 Å². The first kappa shape index (κ1) is 18.2. The molecule has 132 valence electrons. The van der Waals surface area contributed by atoms with Crippen molar-refractivity contribution < 1.29 is 23.1 Å². The van der Waals surface area contributed by atoms with Crippen molar-refractivity contribution in [3.63, 3.8) is 0 Å². The Hall–Kier alpha value is -1.15. The lowest BCUT2D eigenvalue weighted by molar-refractivity contribution is -0.149. The summed E-state index contributed by atoms with van der Waals surface area (Å²) >= 11 is 0. The van der Waals surface area contributed by atoms with Gasteiger partial charge in [0.15, 0.2) is 0 Å². The molecule has 0 radical (unpaired) electrons. The summed E-state index contributed by atoms with van der Waals surface area (Å²) in [5.41, 5.74) is -1.15. The number of nitrogens with zero attached hydrogens (tertiary/aromatic N) is 1. The summed E-state index contributed by atoms with van der Waals surface area (Å²) in [4.78, 5) is 24.2. The zero-order chi connectivity index (χ0) is 17.1. The maximum atomic E-state index is 12.5. The second-order valence-corrected chi connectivity index (χ2v) is 8.71. The lowest BCUT2D eigenvalue weighted by Crippen LogP contribution is -2.56. The van der Waals surface area contributed by atoms with Gasteiger partial charge < -0.3 is 10.4 Å². The standard InChI is InChI=1S/C15H26N2O5S/c1-23(21,22)17-10-6-12(7-11-17)13(18)16-15(14(19)20)8-4-2-3-5-9-15/h12H,2-11H2,1H3,(H,16,18)(H,19,20). The predicted octanol–water partition coefficient (Wildman–Crippen LogP) is 0.952. The van der Waals surface area contributed by atoms with Crippen LogP contribution >= 0.6 is 0 Å². The second kappa shape index (κ2) is 7.17. The summed E-state index contributed by atoms with van der Waals surface area (Å²) in [6, 6.07) is 0. The fourth-order valence-electron chi connectivity index (χ4n) is 3.51. The van der Waals surface area contributed by atoms with E-state index in [4.69, 9.17) is 0 Å². The zero-order valence-corrected chi connectivity index (χ0v) is 14.4. The van der Waals surface area contributed by atoms with Gasteiger partial charge in [0.25, 0.3) is 0 Å². The average Bonchev–Trinajstić information content (AvgIpc) is 2.73. The Bertz CT molecular complexity index is 544. The van der Waals surface area contributed by atoms with Crippen LogP contribution in [-0.2, 0) is 19.6 Å². The molecule has 0 aromatic rings. The normalized spacial score (nSPS) is 23.9. The quantitative estimate of drug-likeness (QED) is 0.738. The molecule has 0 spiro atoms. The van der Waals surface area contributed by atoms with Crippen LogP contribution in [0.15, 0.2) is 0 Å². The molecule has 0 unspecified atom stereocenters. The van der Waals surface area contributed by atoms with Gasteiger partial charge in [-0.15, -0.1) is 0 Å². The maximum Gasteiger partial charge on any atom is 0.329 e. The highest BCUT2D eigenvalue weighted by molar-refractivity contribution is 7.88. The number of carboxylic acid groups (broad SMARTS) is 1. The van der Waals surface area contributed by atoms with Gasteiger partial charge in [-0.2, -0.15) is 0 Å². The molecule has 1 amide bonds. The number of rotatable bonds is 4. The largest absolute Gasteiger partial charge is 0.480 e. The minimum Gasteiger partial charge on any atom is -0.480 e. The molecule has 1 aliphatic carbocycles. The summed E-state index contributed by atoms with van der Waals surface area (Å²) in [5, 5.41) is 12.4. The van der Waals surface area contributed by atoms with Crippen molar-refractivity contribution >= 4 is 21.9 Å². The summed E-state index contributed by atoms with van der Waals surface area (Å²) in [5.74, 6) is -1.52. The van der Waals surface area contributed by atoms with E-state index in [0.29, 0.717) is 38.8 Å². The lowest BCUT2D eigenvalue weighted by Gasteiger charge is -2.34. The minimum atomic E-state index is -3.23. The molecule has 2 aliphatic rings. The van der Waals surface area contributed by atoms with E-state index in [0.717, 1.165) is 25.7 Å². The zero-order valence-electron chi connectivity index (χ0n) is 13.6. The minimum absolute atomic E-state index is 0.248. The van der Waals surface area contributed by atoms with Gasteiger partial charge in [0.2, 0.25) is 15.9 Å². The van der Waals surface area contributed by atoms with Crippen LogP contribution in [-0.4, -0.2) is 54.6 Å². The summed E-state index contributed by atoms with van der Waals surface area (Å²) in [6.45, 7) is 0.633. The number of sulfonamides is 1. The van der Waals surface area contributed by atoms with Crippen LogP contribution in [0.1, 0.15) is 51.4 Å². The molecule has 1 saturated carbocycles. The van der Waals surface area contributed by atoms with Crippen molar-refractivity contribution in [2.45, 2.75) is 56.9 Å². The van der Waals surface area contributed by atoms with Crippen LogP contribution in [0.25, 0.3) is 0 Å². The summed E-state index contributed by atoms with van der Waals surface area (Å²) in [6.07, 6.45) is 6.58. The van der Waals surface area contributed by atoms with Crippen molar-refractivity contribution in [1.82, 2.24) is 9.62 Å². The van der Waals surface area contributed by atoms with Crippen molar-refractivity contribution in [2.24, 2.45) is 5.92 Å². The van der Waals surface area contributed by atoms with Crippen molar-refractivity contribution in [3.05, 3.63) is 0 Å². The Balaban J connectivity index is 1.99. The smallest absolute Gasteiger partial charge is 0.329 e. The third-order valence-electron chi connectivity index (χ3n) is 5.02. The number of carbonyl (C=O) groups is 2. The van der Waals surface area contributed by atoms with Crippen molar-refractivity contribution in [3.8, 4) is 0 Å². The molecular formula is C15H26N2O5S. The maximum absolute atomic E-state index is 12.5. The number of amides is 1. The molecule has 1 saturated heterocycles. The fourth-order valence-corrected chi connectivity index (χ4v) is 4.39. The van der Waals surface area contributed by atoms with Gasteiger partial charge in [0.1, 0.15) is 5.54 Å². The van der Waals surface area contributed by atoms with E-state index < -0.39 is 21.5 Å². The summed E-state index contributed by atoms with van der Waals surface area (Å²) < 4.78 is 24.4. The topological polar surface area (TPSA) is 104 Å². The van der Waals surface area contributed by atoms with E-state index in [1.807, 2.05) is 0 Å². The molecule has 0 aromatic carbocycles. The molecule has 2 rings (SSSR count). The molecule has 8 heteroatoms. The van der Waals surface area contributed by atoms with E-state index in [2.05, 4.69) is 5.32 Å². The highest BCUT2D eigenvalue weighted by atomic mass is 32.2. The molecule has 0 aromatic heterocycles. The number of hydrogen-bond acceptors (Lipinski definition) is 4. The van der Waals surface area contributed by atoms with E-state index >= 15 is 0 Å². The van der Waals surface area contributed by atoms with E-state index in [9.17, 15) is 23.1 Å². The first-order valence-electron chi connectivity index (χ1n) is 8.25. The van der Waals surface area contributed by atoms with Crippen LogP contribution in [0.3, 0.4) is 0 Å². The molecule has 0 bridgehead atoms. The van der Waals surface area contributed by atoms with Crippen LogP contribution in [0.5, 0.6) is 0 Å². The molecule has 2 fully saturated rings. The molecule has 23 heavy (non-hydrogen) atoms. The SMILES string of the molecule is CS(=O)(=O)N1CCC(C(=O)NC2(C(=O)O)CCCCCC2)CC1. The molecule has 1 heterocycles. The van der Waals surface area contributed by atoms with Gasteiger partial charge in [-0.25, -0.2) is 17.5 Å². The number of hydrogen-bond donors (Lipinski definition) is 2. The number of carboxylic acids is 1. The third-order valence-corrected chi connectivity index (χ3v) is 6.33. The average molecular weight is 346 g/mol. The third kappa shape index (κ3) is 4.44. The highest BCUT2D eigenvalue weighted by Gasteiger charge is 2.41. The molecule has 0 atom stereocenters. The van der Waals surface area contributed by atoms with E-state index in [1.165, 1.54) is 10.6 Å². The number of carbonyl (C=O) groups excluding carboxylic acids is 1. The molecule has 1 aliphatic heterocycles. The van der Waals surface area contributed by atoms with Gasteiger partial charge in [0, 0.05) is 19.0 Å². The van der Waals surface area contributed by atoms with Crippen molar-refractivity contribution in [1.29, 1.82) is 0 Å². The predicted molar refractivity (Wildman–Crippen MR) is 85.4 cm³/mol. The Kier molecular flexibility index (Phi) is 5.67. The second-order valence-electron chi connectivity index (χ2n) is 6.73. The number of nitrogens with one attached hydrogen (secondary N) is 1. The van der Waals surface area contributed by atoms with Crippen LogP contribution < -0.4 is 5.32 Å². The highest BCUT2D eigenvalue weighted by Crippen LogP contribution is 2.29. The van der Waals surface area contributed by atoms with Crippen LogP contribution in [0.4, 0.5) is 0 Å². The summed E-state index contributed by atoms with van der Waals surface area (Å²) in [7, 11) is -3.23. The first-order valence-corrected chi connectivity index (χ1v) is 10.1. The monoisotopic (exact) mass is 346 g/mol. The molecular weight excluding hydrogens is 320 g/mol. The van der Waals surface area contributed by atoms with E-state index in [-0.39, 0.29) is 11.8 Å². The Morgan fingerprint density at radius 2 is 1.61 bits per heavy atom. The van der Waals surface area contributed by atoms with Gasteiger partial charge in [0.05, 0.1) is 6.26 Å². The number of piperidine rings is 1. The Morgan fingerprint density at radius 3 is 2.04 bits per heavy atom.